The number of carbonyl (C=O) groups excluding carboxylic acids is 1. The van der Waals surface area contributed by atoms with Gasteiger partial charge in [0.05, 0.1) is 5.75 Å². The number of aryl methyl sites for hydroxylation is 1. The van der Waals surface area contributed by atoms with Crippen molar-refractivity contribution in [3.63, 3.8) is 0 Å². The molecule has 2 N–H and O–H groups in total. The fourth-order valence-corrected chi connectivity index (χ4v) is 1.97. The molecule has 16 heavy (non-hydrogen) atoms. The van der Waals surface area contributed by atoms with E-state index in [1.807, 2.05) is 31.2 Å². The van der Waals surface area contributed by atoms with Crippen molar-refractivity contribution in [1.29, 1.82) is 0 Å². The van der Waals surface area contributed by atoms with Crippen molar-refractivity contribution >= 4 is 23.4 Å². The lowest BCUT2D eigenvalue weighted by Gasteiger charge is -2.07. The molecule has 1 rings (SSSR count). The third-order valence-corrected chi connectivity index (χ3v) is 3.14. The molecule has 1 amide bonds. The number of benzene rings is 1. The van der Waals surface area contributed by atoms with E-state index < -0.39 is 0 Å². The van der Waals surface area contributed by atoms with Gasteiger partial charge in [0.2, 0.25) is 5.91 Å². The molecule has 0 aromatic heterocycles. The molecule has 4 heteroatoms. The van der Waals surface area contributed by atoms with Crippen LogP contribution in [-0.2, 0) is 4.79 Å². The van der Waals surface area contributed by atoms with Gasteiger partial charge in [-0.2, -0.15) is 11.8 Å². The molecular weight excluding hydrogens is 222 g/mol. The third kappa shape index (κ3) is 4.68. The van der Waals surface area contributed by atoms with Crippen molar-refractivity contribution in [2.24, 2.45) is 0 Å². The number of carbonyl (C=O) groups is 1. The fraction of sp³-hybridized carbons (Fsp3) is 0.417. The minimum Gasteiger partial charge on any atom is -0.396 e. The second-order valence-corrected chi connectivity index (χ2v) is 4.60. The highest BCUT2D eigenvalue weighted by Crippen LogP contribution is 2.13. The second kappa shape index (κ2) is 7.30. The van der Waals surface area contributed by atoms with Crippen LogP contribution >= 0.6 is 11.8 Å². The number of amides is 1. The van der Waals surface area contributed by atoms with Gasteiger partial charge >= 0.3 is 0 Å². The van der Waals surface area contributed by atoms with Crippen LogP contribution in [0.4, 0.5) is 5.69 Å². The van der Waals surface area contributed by atoms with Gasteiger partial charge in [-0.1, -0.05) is 18.2 Å². The standard InChI is InChI=1S/C12H17NO2S/c1-10-5-2-3-6-11(10)13-12(15)9-16-8-4-7-14/h2-3,5-6,14H,4,7-9H2,1H3,(H,13,15). The fourth-order valence-electron chi connectivity index (χ4n) is 1.23. The summed E-state index contributed by atoms with van der Waals surface area (Å²) in [5.41, 5.74) is 1.94. The Morgan fingerprint density at radius 3 is 2.88 bits per heavy atom. The van der Waals surface area contributed by atoms with Gasteiger partial charge in [0.15, 0.2) is 0 Å². The number of aliphatic hydroxyl groups excluding tert-OH is 1. The van der Waals surface area contributed by atoms with E-state index in [1.54, 1.807) is 0 Å². The molecule has 1 aromatic carbocycles. The van der Waals surface area contributed by atoms with Gasteiger partial charge in [0.25, 0.3) is 0 Å². The molecule has 0 aliphatic heterocycles. The van der Waals surface area contributed by atoms with Crippen molar-refractivity contribution in [2.75, 3.05) is 23.4 Å². The molecule has 1 aromatic rings. The Morgan fingerprint density at radius 1 is 1.44 bits per heavy atom. The highest BCUT2D eigenvalue weighted by Gasteiger charge is 2.03. The lowest BCUT2D eigenvalue weighted by molar-refractivity contribution is -0.113. The summed E-state index contributed by atoms with van der Waals surface area (Å²) >= 11 is 1.54. The third-order valence-electron chi connectivity index (χ3n) is 2.10. The lowest BCUT2D eigenvalue weighted by atomic mass is 10.2. The van der Waals surface area contributed by atoms with E-state index in [2.05, 4.69) is 5.32 Å². The van der Waals surface area contributed by atoms with E-state index in [4.69, 9.17) is 5.11 Å². The number of para-hydroxylation sites is 1. The molecular formula is C12H17NO2S. The lowest BCUT2D eigenvalue weighted by Crippen LogP contribution is -2.15. The van der Waals surface area contributed by atoms with Gasteiger partial charge < -0.3 is 10.4 Å². The van der Waals surface area contributed by atoms with Gasteiger partial charge in [-0.25, -0.2) is 0 Å². The molecule has 0 saturated heterocycles. The van der Waals surface area contributed by atoms with Crippen LogP contribution in [0.3, 0.4) is 0 Å². The number of anilines is 1. The molecule has 0 spiro atoms. The summed E-state index contributed by atoms with van der Waals surface area (Å²) in [5, 5.41) is 11.5. The molecule has 0 bridgehead atoms. The highest BCUT2D eigenvalue weighted by molar-refractivity contribution is 7.99. The number of hydrogen-bond donors (Lipinski definition) is 2. The van der Waals surface area contributed by atoms with Crippen molar-refractivity contribution in [1.82, 2.24) is 0 Å². The van der Waals surface area contributed by atoms with Gasteiger partial charge in [0.1, 0.15) is 0 Å². The van der Waals surface area contributed by atoms with Crippen LogP contribution in [0.15, 0.2) is 24.3 Å². The summed E-state index contributed by atoms with van der Waals surface area (Å²) in [6.45, 7) is 2.15. The van der Waals surface area contributed by atoms with Crippen molar-refractivity contribution in [2.45, 2.75) is 13.3 Å². The topological polar surface area (TPSA) is 49.3 Å². The maximum atomic E-state index is 11.5. The number of nitrogens with one attached hydrogen (secondary N) is 1. The summed E-state index contributed by atoms with van der Waals surface area (Å²) in [5.74, 6) is 1.27. The van der Waals surface area contributed by atoms with E-state index >= 15 is 0 Å². The van der Waals surface area contributed by atoms with Crippen LogP contribution in [0.5, 0.6) is 0 Å². The Hall–Kier alpha value is -1.000. The van der Waals surface area contributed by atoms with Gasteiger partial charge in [-0.15, -0.1) is 0 Å². The Bertz CT molecular complexity index is 342. The predicted octanol–water partition coefficient (Wildman–Crippen LogP) is 2.05. The van der Waals surface area contributed by atoms with E-state index in [0.717, 1.165) is 23.4 Å². The van der Waals surface area contributed by atoms with Gasteiger partial charge in [-0.05, 0) is 30.7 Å². The van der Waals surface area contributed by atoms with E-state index in [0.29, 0.717) is 5.75 Å². The Balaban J connectivity index is 2.32. The zero-order valence-corrected chi connectivity index (χ0v) is 10.2. The molecule has 0 aliphatic rings. The van der Waals surface area contributed by atoms with E-state index in [9.17, 15) is 4.79 Å². The quantitative estimate of drug-likeness (QED) is 0.747. The molecule has 0 aliphatic carbocycles. The molecule has 3 nitrogen and oxygen atoms in total. The first-order valence-corrected chi connectivity index (χ1v) is 6.43. The van der Waals surface area contributed by atoms with Crippen LogP contribution in [0.1, 0.15) is 12.0 Å². The zero-order chi connectivity index (χ0) is 11.8. The summed E-state index contributed by atoms with van der Waals surface area (Å²) in [6.07, 6.45) is 0.738. The smallest absolute Gasteiger partial charge is 0.234 e. The molecule has 0 unspecified atom stereocenters. The Morgan fingerprint density at radius 2 is 2.19 bits per heavy atom. The van der Waals surface area contributed by atoms with Gasteiger partial charge in [0, 0.05) is 12.3 Å². The SMILES string of the molecule is Cc1ccccc1NC(=O)CSCCCO. The minimum absolute atomic E-state index is 0.0113. The largest absolute Gasteiger partial charge is 0.396 e. The average molecular weight is 239 g/mol. The van der Waals surface area contributed by atoms with E-state index in [1.165, 1.54) is 11.8 Å². The molecule has 88 valence electrons. The maximum absolute atomic E-state index is 11.5. The molecule has 0 atom stereocenters. The summed E-state index contributed by atoms with van der Waals surface area (Å²) < 4.78 is 0. The monoisotopic (exact) mass is 239 g/mol. The normalized spacial score (nSPS) is 10.1. The van der Waals surface area contributed by atoms with Crippen molar-refractivity contribution in [3.8, 4) is 0 Å². The number of aliphatic hydroxyl groups is 1. The minimum atomic E-state index is 0.0113. The van der Waals surface area contributed by atoms with E-state index in [-0.39, 0.29) is 12.5 Å². The van der Waals surface area contributed by atoms with Crippen LogP contribution in [0.25, 0.3) is 0 Å². The molecule has 0 radical (unpaired) electrons. The molecule has 0 heterocycles. The van der Waals surface area contributed by atoms with Crippen LogP contribution < -0.4 is 5.32 Å². The molecule has 0 saturated carbocycles. The van der Waals surface area contributed by atoms with Crippen LogP contribution in [0, 0.1) is 6.92 Å². The first-order chi connectivity index (χ1) is 7.74. The van der Waals surface area contributed by atoms with Crippen molar-refractivity contribution < 1.29 is 9.90 Å². The first kappa shape index (κ1) is 13.1. The summed E-state index contributed by atoms with van der Waals surface area (Å²) in [4.78, 5) is 11.5. The summed E-state index contributed by atoms with van der Waals surface area (Å²) in [7, 11) is 0. The number of thioether (sulfide) groups is 1. The Labute approximate surface area is 100 Å². The Kier molecular flexibility index (Phi) is 5.96. The second-order valence-electron chi connectivity index (χ2n) is 3.49. The average Bonchev–Trinajstić information content (AvgIpc) is 2.28. The van der Waals surface area contributed by atoms with Gasteiger partial charge in [-0.3, -0.25) is 4.79 Å². The summed E-state index contributed by atoms with van der Waals surface area (Å²) in [6, 6.07) is 7.71. The molecule has 0 fully saturated rings. The first-order valence-electron chi connectivity index (χ1n) is 5.28. The number of hydrogen-bond acceptors (Lipinski definition) is 3. The maximum Gasteiger partial charge on any atom is 0.234 e. The van der Waals surface area contributed by atoms with Crippen LogP contribution in [0.2, 0.25) is 0 Å². The highest BCUT2D eigenvalue weighted by atomic mass is 32.2. The zero-order valence-electron chi connectivity index (χ0n) is 9.40. The predicted molar refractivity (Wildman–Crippen MR) is 68.8 cm³/mol. The van der Waals surface area contributed by atoms with Crippen LogP contribution in [-0.4, -0.2) is 29.1 Å². The number of rotatable bonds is 6. The van der Waals surface area contributed by atoms with Crippen molar-refractivity contribution in [3.05, 3.63) is 29.8 Å².